The second-order valence-corrected chi connectivity index (χ2v) is 5.06. The van der Waals surface area contributed by atoms with Crippen molar-refractivity contribution in [2.75, 3.05) is 7.05 Å². The number of carboxylic acid groups (broad SMARTS) is 1. The predicted octanol–water partition coefficient (Wildman–Crippen LogP) is 0.629. The maximum absolute atomic E-state index is 11.7. The van der Waals surface area contributed by atoms with E-state index in [1.54, 1.807) is 6.07 Å². The molecule has 0 saturated carbocycles. The van der Waals surface area contributed by atoms with Crippen molar-refractivity contribution < 1.29 is 19.5 Å². The molecule has 1 fully saturated rings. The zero-order valence-corrected chi connectivity index (χ0v) is 10.3. The predicted molar refractivity (Wildman–Crippen MR) is 63.2 cm³/mol. The van der Waals surface area contributed by atoms with Crippen LogP contribution in [0, 0.1) is 0 Å². The van der Waals surface area contributed by atoms with Gasteiger partial charge in [0.2, 0.25) is 11.8 Å². The van der Waals surface area contributed by atoms with Crippen molar-refractivity contribution in [1.82, 2.24) is 9.88 Å². The lowest BCUT2D eigenvalue weighted by atomic mass is 10.3. The van der Waals surface area contributed by atoms with E-state index in [1.165, 1.54) is 31.1 Å². The Morgan fingerprint density at radius 3 is 2.83 bits per heavy atom. The lowest BCUT2D eigenvalue weighted by molar-refractivity contribution is -0.136. The van der Waals surface area contributed by atoms with Gasteiger partial charge in [-0.05, 0) is 12.1 Å². The number of aromatic nitrogens is 1. The molecule has 2 rings (SSSR count). The Hall–Kier alpha value is -1.89. The number of carbonyl (C=O) groups excluding carboxylic acids is 2. The van der Waals surface area contributed by atoms with E-state index in [-0.39, 0.29) is 23.9 Å². The molecular formula is C11H10N2O4S. The van der Waals surface area contributed by atoms with Gasteiger partial charge in [-0.2, -0.15) is 0 Å². The Morgan fingerprint density at radius 1 is 1.56 bits per heavy atom. The number of thioether (sulfide) groups is 1. The Balaban J connectivity index is 2.15. The number of hydrogen-bond acceptors (Lipinski definition) is 5. The van der Waals surface area contributed by atoms with Gasteiger partial charge in [0.25, 0.3) is 0 Å². The highest BCUT2D eigenvalue weighted by Crippen LogP contribution is 2.30. The quantitative estimate of drug-likeness (QED) is 0.807. The largest absolute Gasteiger partial charge is 0.477 e. The van der Waals surface area contributed by atoms with Crippen LogP contribution < -0.4 is 0 Å². The Kier molecular flexibility index (Phi) is 3.33. The number of pyridine rings is 1. The first-order chi connectivity index (χ1) is 8.49. The number of imide groups is 1. The summed E-state index contributed by atoms with van der Waals surface area (Å²) in [4.78, 5) is 39.2. The van der Waals surface area contributed by atoms with Crippen LogP contribution in [0.3, 0.4) is 0 Å². The number of aromatic carboxylic acids is 1. The monoisotopic (exact) mass is 266 g/mol. The summed E-state index contributed by atoms with van der Waals surface area (Å²) in [6.07, 6.45) is 1.52. The molecule has 0 aromatic carbocycles. The fourth-order valence-corrected chi connectivity index (χ4v) is 2.71. The smallest absolute Gasteiger partial charge is 0.354 e. The molecule has 0 spiro atoms. The average Bonchev–Trinajstić information content (AvgIpc) is 2.57. The number of rotatable bonds is 3. The topological polar surface area (TPSA) is 87.6 Å². The van der Waals surface area contributed by atoms with Gasteiger partial charge in [-0.1, -0.05) is 0 Å². The SMILES string of the molecule is CN1C(=O)CC(Sc2ccnc(C(=O)O)c2)C1=O. The van der Waals surface area contributed by atoms with Gasteiger partial charge in [0, 0.05) is 24.6 Å². The highest BCUT2D eigenvalue weighted by atomic mass is 32.2. The molecule has 2 heterocycles. The zero-order valence-electron chi connectivity index (χ0n) is 9.49. The minimum absolute atomic E-state index is 0.0786. The molecule has 0 radical (unpaired) electrons. The standard InChI is InChI=1S/C11H10N2O4S/c1-13-9(14)5-8(10(13)15)18-6-2-3-12-7(4-6)11(16)17/h2-4,8H,5H2,1H3,(H,16,17). The lowest BCUT2D eigenvalue weighted by Crippen LogP contribution is -2.26. The third kappa shape index (κ3) is 2.35. The molecule has 18 heavy (non-hydrogen) atoms. The van der Waals surface area contributed by atoms with Crippen molar-refractivity contribution in [3.05, 3.63) is 24.0 Å². The lowest BCUT2D eigenvalue weighted by Gasteiger charge is -2.08. The van der Waals surface area contributed by atoms with Crippen molar-refractivity contribution in [2.45, 2.75) is 16.6 Å². The van der Waals surface area contributed by atoms with E-state index >= 15 is 0 Å². The first-order valence-electron chi connectivity index (χ1n) is 5.15. The molecule has 6 nitrogen and oxygen atoms in total. The van der Waals surface area contributed by atoms with Crippen LogP contribution in [0.5, 0.6) is 0 Å². The first kappa shape index (κ1) is 12.6. The van der Waals surface area contributed by atoms with Gasteiger partial charge in [-0.25, -0.2) is 9.78 Å². The summed E-state index contributed by atoms with van der Waals surface area (Å²) >= 11 is 1.18. The van der Waals surface area contributed by atoms with Crippen molar-refractivity contribution in [2.24, 2.45) is 0 Å². The Morgan fingerprint density at radius 2 is 2.28 bits per heavy atom. The summed E-state index contributed by atoms with van der Waals surface area (Å²) in [7, 11) is 1.44. The molecule has 7 heteroatoms. The van der Waals surface area contributed by atoms with Crippen LogP contribution in [-0.4, -0.2) is 45.1 Å². The minimum atomic E-state index is -1.12. The molecule has 1 aliphatic heterocycles. The maximum Gasteiger partial charge on any atom is 0.354 e. The van der Waals surface area contributed by atoms with Crippen LogP contribution in [-0.2, 0) is 9.59 Å². The average molecular weight is 266 g/mol. The molecule has 94 valence electrons. The molecule has 1 aliphatic rings. The van der Waals surface area contributed by atoms with Crippen LogP contribution in [0.4, 0.5) is 0 Å². The molecule has 1 unspecified atom stereocenters. The van der Waals surface area contributed by atoms with Crippen LogP contribution in [0.1, 0.15) is 16.9 Å². The molecule has 1 saturated heterocycles. The number of hydrogen-bond donors (Lipinski definition) is 1. The van der Waals surface area contributed by atoms with E-state index in [1.807, 2.05) is 0 Å². The van der Waals surface area contributed by atoms with E-state index < -0.39 is 11.2 Å². The minimum Gasteiger partial charge on any atom is -0.477 e. The van der Waals surface area contributed by atoms with Gasteiger partial charge in [0.05, 0.1) is 5.25 Å². The second kappa shape index (κ2) is 4.77. The Bertz CT molecular complexity index is 532. The van der Waals surface area contributed by atoms with E-state index in [0.717, 1.165) is 4.90 Å². The summed E-state index contributed by atoms with van der Waals surface area (Å²) in [6.45, 7) is 0. The van der Waals surface area contributed by atoms with Gasteiger partial charge < -0.3 is 5.11 Å². The highest BCUT2D eigenvalue weighted by molar-refractivity contribution is 8.00. The number of amides is 2. The molecule has 2 amide bonds. The molecule has 1 aromatic rings. The number of carbonyl (C=O) groups is 3. The number of likely N-dealkylation sites (tertiary alicyclic amines) is 1. The summed E-state index contributed by atoms with van der Waals surface area (Å²) in [6, 6.07) is 3.01. The van der Waals surface area contributed by atoms with Crippen LogP contribution in [0.15, 0.2) is 23.2 Å². The maximum atomic E-state index is 11.7. The number of carboxylic acids is 1. The fraction of sp³-hybridized carbons (Fsp3) is 0.273. The summed E-state index contributed by atoms with van der Waals surface area (Å²) in [5.74, 6) is -1.59. The van der Waals surface area contributed by atoms with Crippen LogP contribution >= 0.6 is 11.8 Å². The summed E-state index contributed by atoms with van der Waals surface area (Å²) in [5.41, 5.74) is -0.0786. The third-order valence-corrected chi connectivity index (χ3v) is 3.75. The molecule has 1 N–H and O–H groups in total. The molecular weight excluding hydrogens is 256 g/mol. The van der Waals surface area contributed by atoms with Crippen molar-refractivity contribution in [3.8, 4) is 0 Å². The molecule has 1 atom stereocenters. The van der Waals surface area contributed by atoms with Gasteiger partial charge in [-0.3, -0.25) is 14.5 Å². The van der Waals surface area contributed by atoms with Crippen molar-refractivity contribution in [1.29, 1.82) is 0 Å². The van der Waals surface area contributed by atoms with Gasteiger partial charge in [-0.15, -0.1) is 11.8 Å². The summed E-state index contributed by atoms with van der Waals surface area (Å²) < 4.78 is 0. The van der Waals surface area contributed by atoms with Gasteiger partial charge >= 0.3 is 5.97 Å². The zero-order chi connectivity index (χ0) is 13.3. The third-order valence-electron chi connectivity index (χ3n) is 2.57. The van der Waals surface area contributed by atoms with E-state index in [9.17, 15) is 14.4 Å². The van der Waals surface area contributed by atoms with E-state index in [4.69, 9.17) is 5.11 Å². The van der Waals surface area contributed by atoms with Gasteiger partial charge in [0.1, 0.15) is 5.69 Å². The van der Waals surface area contributed by atoms with Crippen molar-refractivity contribution >= 4 is 29.5 Å². The normalized spacial score (nSPS) is 19.4. The van der Waals surface area contributed by atoms with Crippen LogP contribution in [0.25, 0.3) is 0 Å². The number of nitrogens with zero attached hydrogens (tertiary/aromatic N) is 2. The second-order valence-electron chi connectivity index (χ2n) is 3.78. The van der Waals surface area contributed by atoms with Crippen LogP contribution in [0.2, 0.25) is 0 Å². The van der Waals surface area contributed by atoms with Gasteiger partial charge in [0.15, 0.2) is 0 Å². The van der Waals surface area contributed by atoms with Crippen molar-refractivity contribution in [3.63, 3.8) is 0 Å². The molecule has 1 aromatic heterocycles. The molecule has 0 bridgehead atoms. The fourth-order valence-electron chi connectivity index (χ4n) is 1.58. The highest BCUT2D eigenvalue weighted by Gasteiger charge is 2.36. The molecule has 0 aliphatic carbocycles. The van der Waals surface area contributed by atoms with E-state index in [0.29, 0.717) is 4.90 Å². The first-order valence-corrected chi connectivity index (χ1v) is 6.03. The van der Waals surface area contributed by atoms with E-state index in [2.05, 4.69) is 4.98 Å². The summed E-state index contributed by atoms with van der Waals surface area (Å²) in [5, 5.41) is 8.33. The Labute approximate surface area is 107 Å².